The van der Waals surface area contributed by atoms with Crippen molar-refractivity contribution in [1.82, 2.24) is 3.06 Å². The summed E-state index contributed by atoms with van der Waals surface area (Å²) < 4.78 is 7.30. The van der Waals surface area contributed by atoms with Gasteiger partial charge in [0.15, 0.2) is 0 Å². The van der Waals surface area contributed by atoms with E-state index in [1.54, 1.807) is 0 Å². The van der Waals surface area contributed by atoms with Gasteiger partial charge in [0.1, 0.15) is 0 Å². The molecule has 1 radical (unpaired) electrons. The van der Waals surface area contributed by atoms with Crippen LogP contribution >= 0.6 is 0 Å². The molecule has 0 aromatic carbocycles. The zero-order chi connectivity index (χ0) is 4.28. The number of hydrogen-bond acceptors (Lipinski definition) is 2. The number of rotatable bonds is 1. The van der Waals surface area contributed by atoms with Gasteiger partial charge in [-0.1, -0.05) is 0 Å². The summed E-state index contributed by atoms with van der Waals surface area (Å²) in [4.78, 5) is 0. The minimum atomic E-state index is -0.394. The summed E-state index contributed by atoms with van der Waals surface area (Å²) in [5.74, 6) is 0. The number of nitrogens with zero attached hydrogens (tertiary/aromatic N) is 1. The van der Waals surface area contributed by atoms with Gasteiger partial charge in [0.05, 0.1) is 0 Å². The predicted molar refractivity (Wildman–Crippen MR) is 23.6 cm³/mol. The Balaban J connectivity index is 2.54. The van der Waals surface area contributed by atoms with Crippen molar-refractivity contribution in [2.75, 3.05) is 14.1 Å². The first kappa shape index (κ1) is 5.74. The van der Waals surface area contributed by atoms with Gasteiger partial charge in [0.2, 0.25) is 0 Å². The molecule has 0 aliphatic heterocycles. The quantitative estimate of drug-likeness (QED) is 0.529. The SMILES string of the molecule is C[N](C)[Sb][NH2]. The molecule has 0 bridgehead atoms. The van der Waals surface area contributed by atoms with Crippen LogP contribution in [0.15, 0.2) is 0 Å². The van der Waals surface area contributed by atoms with E-state index < -0.39 is 22.2 Å². The van der Waals surface area contributed by atoms with Gasteiger partial charge >= 0.3 is 43.2 Å². The van der Waals surface area contributed by atoms with Gasteiger partial charge in [0, 0.05) is 0 Å². The molecule has 0 spiro atoms. The van der Waals surface area contributed by atoms with E-state index in [-0.39, 0.29) is 0 Å². The molecule has 0 aliphatic rings. The zero-order valence-corrected chi connectivity index (χ0v) is 6.02. The van der Waals surface area contributed by atoms with E-state index in [2.05, 4.69) is 3.06 Å². The summed E-state index contributed by atoms with van der Waals surface area (Å²) in [5, 5.41) is 0. The van der Waals surface area contributed by atoms with Crippen LogP contribution in [0.2, 0.25) is 0 Å². The summed E-state index contributed by atoms with van der Waals surface area (Å²) in [5.41, 5.74) is 0. The molecule has 0 fully saturated rings. The average Bonchev–Trinajstić information content (AvgIpc) is 1.38. The second-order valence-corrected chi connectivity index (χ2v) is 3.91. The van der Waals surface area contributed by atoms with Crippen LogP contribution in [-0.2, 0) is 0 Å². The van der Waals surface area contributed by atoms with Crippen molar-refractivity contribution in [3.8, 4) is 0 Å². The van der Waals surface area contributed by atoms with Crippen LogP contribution in [0.1, 0.15) is 0 Å². The zero-order valence-electron chi connectivity index (χ0n) is 3.47. The van der Waals surface area contributed by atoms with Crippen molar-refractivity contribution < 1.29 is 0 Å². The van der Waals surface area contributed by atoms with E-state index >= 15 is 0 Å². The summed E-state index contributed by atoms with van der Waals surface area (Å²) in [6.45, 7) is 0. The Bertz CT molecular complexity index is 21.6. The Morgan fingerprint density at radius 3 is 1.80 bits per heavy atom. The molecule has 0 atom stereocenters. The van der Waals surface area contributed by atoms with Crippen molar-refractivity contribution in [2.45, 2.75) is 0 Å². The van der Waals surface area contributed by atoms with Crippen molar-refractivity contribution >= 4 is 22.2 Å². The molecule has 0 aromatic rings. The van der Waals surface area contributed by atoms with Gasteiger partial charge < -0.3 is 0 Å². The van der Waals surface area contributed by atoms with E-state index in [0.717, 1.165) is 0 Å². The summed E-state index contributed by atoms with van der Waals surface area (Å²) in [7, 11) is 3.99. The van der Waals surface area contributed by atoms with Crippen LogP contribution < -0.4 is 3.89 Å². The summed E-state index contributed by atoms with van der Waals surface area (Å²) in [6, 6.07) is 0. The Labute approximate surface area is 43.6 Å². The molecule has 0 amide bonds. The Morgan fingerprint density at radius 1 is 1.60 bits per heavy atom. The molecule has 0 aromatic heterocycles. The van der Waals surface area contributed by atoms with Gasteiger partial charge in [-0.05, 0) is 0 Å². The van der Waals surface area contributed by atoms with Gasteiger partial charge in [-0.15, -0.1) is 0 Å². The Morgan fingerprint density at radius 2 is 1.80 bits per heavy atom. The standard InChI is InChI=1S/C2H6N.H2N.Sb/c1-3-2;;/h1-2H3;1H2;/q2*-1;+2. The van der Waals surface area contributed by atoms with E-state index in [0.29, 0.717) is 0 Å². The molecule has 31 valence electrons. The van der Waals surface area contributed by atoms with Crippen LogP contribution in [0.4, 0.5) is 0 Å². The Hall–Kier alpha value is 0.738. The van der Waals surface area contributed by atoms with Crippen molar-refractivity contribution in [3.63, 3.8) is 0 Å². The van der Waals surface area contributed by atoms with Crippen LogP contribution in [0.3, 0.4) is 0 Å². The molecule has 2 nitrogen and oxygen atoms in total. The second-order valence-electron chi connectivity index (χ2n) is 0.963. The van der Waals surface area contributed by atoms with Crippen LogP contribution in [0.5, 0.6) is 0 Å². The molecular weight excluding hydrogens is 174 g/mol. The molecule has 0 saturated carbocycles. The van der Waals surface area contributed by atoms with Crippen LogP contribution in [0, 0.1) is 0 Å². The minimum absolute atomic E-state index is 0.394. The third kappa shape index (κ3) is 4.74. The molecule has 0 heterocycles. The van der Waals surface area contributed by atoms with E-state index in [9.17, 15) is 0 Å². The predicted octanol–water partition coefficient (Wildman–Crippen LogP) is -0.959. The summed E-state index contributed by atoms with van der Waals surface area (Å²) in [6.07, 6.45) is 0. The monoisotopic (exact) mass is 181 g/mol. The molecule has 0 aliphatic carbocycles. The van der Waals surface area contributed by atoms with Crippen LogP contribution in [0.25, 0.3) is 0 Å². The molecule has 0 saturated heterocycles. The van der Waals surface area contributed by atoms with Crippen molar-refractivity contribution in [1.29, 1.82) is 0 Å². The molecule has 3 heteroatoms. The topological polar surface area (TPSA) is 29.3 Å². The van der Waals surface area contributed by atoms with E-state index in [1.165, 1.54) is 0 Å². The number of nitrogens with two attached hydrogens (primary N) is 1. The maximum absolute atomic E-state index is 5.25. The van der Waals surface area contributed by atoms with Gasteiger partial charge in [-0.25, -0.2) is 0 Å². The first-order chi connectivity index (χ1) is 2.27. The number of hydrogen-bond donors (Lipinski definition) is 1. The molecule has 5 heavy (non-hydrogen) atoms. The van der Waals surface area contributed by atoms with E-state index in [1.807, 2.05) is 14.1 Å². The molecule has 0 unspecified atom stereocenters. The van der Waals surface area contributed by atoms with Gasteiger partial charge in [-0.2, -0.15) is 0 Å². The average molecular weight is 182 g/mol. The van der Waals surface area contributed by atoms with Crippen molar-refractivity contribution in [3.05, 3.63) is 0 Å². The Kier molecular flexibility index (Phi) is 3.38. The van der Waals surface area contributed by atoms with Crippen molar-refractivity contribution in [2.24, 2.45) is 3.89 Å². The molecule has 0 rings (SSSR count). The second kappa shape index (κ2) is 2.95. The third-order valence-corrected chi connectivity index (χ3v) is 1.55. The third-order valence-electron chi connectivity index (χ3n) is 0.231. The van der Waals surface area contributed by atoms with Gasteiger partial charge in [-0.3, -0.25) is 0 Å². The van der Waals surface area contributed by atoms with E-state index in [4.69, 9.17) is 3.89 Å². The fraction of sp³-hybridized carbons (Fsp3) is 1.00. The summed E-state index contributed by atoms with van der Waals surface area (Å²) >= 11 is -0.394. The van der Waals surface area contributed by atoms with Crippen LogP contribution in [-0.4, -0.2) is 39.3 Å². The first-order valence-electron chi connectivity index (χ1n) is 1.35. The van der Waals surface area contributed by atoms with Gasteiger partial charge in [0.25, 0.3) is 0 Å². The fourth-order valence-electron chi connectivity index (χ4n) is 0. The molecule has 2 N–H and O–H groups in total. The maximum atomic E-state index is 5.25. The molecular formula is C2H8N2Sb. The normalized spacial score (nSPS) is 9.60. The first-order valence-corrected chi connectivity index (χ1v) is 3.97. The fourth-order valence-corrected chi connectivity index (χ4v) is 0.